The van der Waals surface area contributed by atoms with Crippen molar-refractivity contribution in [2.75, 3.05) is 31.6 Å². The van der Waals surface area contributed by atoms with E-state index in [1.807, 2.05) is 13.2 Å². The maximum atomic E-state index is 5.53. The number of hydrogen-bond donors (Lipinski definition) is 1. The number of anilines is 1. The molecule has 0 aliphatic carbocycles. The van der Waals surface area contributed by atoms with Gasteiger partial charge in [0.05, 0.1) is 12.7 Å². The fourth-order valence-electron chi connectivity index (χ4n) is 1.76. The lowest BCUT2D eigenvalue weighted by atomic mass is 10.3. The second-order valence-electron chi connectivity index (χ2n) is 4.18. The van der Waals surface area contributed by atoms with Crippen molar-refractivity contribution in [2.45, 2.75) is 26.0 Å². The number of nitrogens with zero attached hydrogens (tertiary/aromatic N) is 2. The van der Waals surface area contributed by atoms with E-state index in [9.17, 15) is 0 Å². The minimum absolute atomic E-state index is 0.308. The minimum Gasteiger partial charge on any atom is -0.375 e. The summed E-state index contributed by atoms with van der Waals surface area (Å²) >= 11 is 1.77. The van der Waals surface area contributed by atoms with E-state index in [1.165, 1.54) is 4.88 Å². The number of thiazole rings is 1. The van der Waals surface area contributed by atoms with Gasteiger partial charge < -0.3 is 15.0 Å². The van der Waals surface area contributed by atoms with Gasteiger partial charge in [0.1, 0.15) is 0 Å². The summed E-state index contributed by atoms with van der Waals surface area (Å²) in [5.74, 6) is 0. The highest BCUT2D eigenvalue weighted by Crippen LogP contribution is 2.27. The van der Waals surface area contributed by atoms with Gasteiger partial charge in [0.2, 0.25) is 0 Å². The van der Waals surface area contributed by atoms with Gasteiger partial charge >= 0.3 is 0 Å². The largest absolute Gasteiger partial charge is 0.375 e. The maximum Gasteiger partial charge on any atom is 0.185 e. The third kappa shape index (κ3) is 2.53. The van der Waals surface area contributed by atoms with Gasteiger partial charge in [-0.3, -0.25) is 0 Å². The number of ether oxygens (including phenoxy) is 1. The quantitative estimate of drug-likeness (QED) is 0.873. The Hall–Kier alpha value is -0.650. The Morgan fingerprint density at radius 1 is 1.69 bits per heavy atom. The molecule has 2 unspecified atom stereocenters. The molecular formula is C11H19N3OS. The molecule has 0 radical (unpaired) electrons. The van der Waals surface area contributed by atoms with Gasteiger partial charge in [0, 0.05) is 30.2 Å². The van der Waals surface area contributed by atoms with Crippen molar-refractivity contribution in [2.24, 2.45) is 0 Å². The van der Waals surface area contributed by atoms with Crippen molar-refractivity contribution in [3.8, 4) is 0 Å². The maximum absolute atomic E-state index is 5.53. The summed E-state index contributed by atoms with van der Waals surface area (Å²) < 4.78 is 5.53. The van der Waals surface area contributed by atoms with Crippen LogP contribution in [-0.4, -0.2) is 37.8 Å². The number of hydrogen-bond acceptors (Lipinski definition) is 5. The average Bonchev–Trinajstić information content (AvgIpc) is 2.77. The molecule has 1 aromatic rings. The fourth-order valence-corrected chi connectivity index (χ4v) is 2.77. The molecular weight excluding hydrogens is 222 g/mol. The molecule has 0 amide bonds. The van der Waals surface area contributed by atoms with Crippen LogP contribution < -0.4 is 10.2 Å². The highest BCUT2D eigenvalue weighted by molar-refractivity contribution is 7.15. The monoisotopic (exact) mass is 241 g/mol. The van der Waals surface area contributed by atoms with Crippen molar-refractivity contribution < 1.29 is 4.74 Å². The minimum atomic E-state index is 0.308. The van der Waals surface area contributed by atoms with E-state index < -0.39 is 0 Å². The van der Waals surface area contributed by atoms with Crippen LogP contribution in [0.1, 0.15) is 24.8 Å². The SMILES string of the molecule is CNC(C)c1cnc(N2CCOC(C)C2)s1. The number of aromatic nitrogens is 1. The van der Waals surface area contributed by atoms with Gasteiger partial charge in [-0.25, -0.2) is 4.98 Å². The van der Waals surface area contributed by atoms with E-state index in [0.29, 0.717) is 12.1 Å². The second kappa shape index (κ2) is 5.12. The first-order chi connectivity index (χ1) is 7.70. The van der Waals surface area contributed by atoms with Crippen LogP contribution >= 0.6 is 11.3 Å². The lowest BCUT2D eigenvalue weighted by molar-refractivity contribution is 0.0532. The molecule has 1 saturated heterocycles. The van der Waals surface area contributed by atoms with Crippen LogP contribution in [0.25, 0.3) is 0 Å². The summed E-state index contributed by atoms with van der Waals surface area (Å²) in [5, 5.41) is 4.35. The Labute approximate surface area is 101 Å². The topological polar surface area (TPSA) is 37.4 Å². The molecule has 1 aliphatic heterocycles. The standard InChI is InChI=1S/C11H19N3OS/c1-8-7-14(4-5-15-8)11-13-6-10(16-11)9(2)12-3/h6,8-9,12H,4-5,7H2,1-3H3. The van der Waals surface area contributed by atoms with Gasteiger partial charge in [0.25, 0.3) is 0 Å². The van der Waals surface area contributed by atoms with Gasteiger partial charge in [-0.1, -0.05) is 0 Å². The highest BCUT2D eigenvalue weighted by atomic mass is 32.1. The molecule has 1 fully saturated rings. The zero-order valence-electron chi connectivity index (χ0n) is 10.1. The van der Waals surface area contributed by atoms with Crippen LogP contribution in [0.2, 0.25) is 0 Å². The van der Waals surface area contributed by atoms with Crippen molar-refractivity contribution in [3.05, 3.63) is 11.1 Å². The third-order valence-corrected chi connectivity index (χ3v) is 4.12. The lowest BCUT2D eigenvalue weighted by Crippen LogP contribution is -2.41. The molecule has 1 aromatic heterocycles. The zero-order valence-corrected chi connectivity index (χ0v) is 10.9. The molecule has 0 saturated carbocycles. The summed E-state index contributed by atoms with van der Waals surface area (Å²) in [6.45, 7) is 6.96. The zero-order chi connectivity index (χ0) is 11.5. The predicted octanol–water partition coefficient (Wildman–Crippen LogP) is 1.65. The molecule has 2 rings (SSSR count). The van der Waals surface area contributed by atoms with Crippen LogP contribution in [0, 0.1) is 0 Å². The number of nitrogens with one attached hydrogen (secondary N) is 1. The average molecular weight is 241 g/mol. The predicted molar refractivity (Wildman–Crippen MR) is 67.2 cm³/mol. The Morgan fingerprint density at radius 3 is 3.19 bits per heavy atom. The van der Waals surface area contributed by atoms with Gasteiger partial charge in [-0.15, -0.1) is 11.3 Å². The first-order valence-electron chi connectivity index (χ1n) is 5.70. The Bertz CT molecular complexity index is 342. The molecule has 4 nitrogen and oxygen atoms in total. The molecule has 16 heavy (non-hydrogen) atoms. The van der Waals surface area contributed by atoms with E-state index in [2.05, 4.69) is 29.0 Å². The molecule has 0 spiro atoms. The Kier molecular flexibility index (Phi) is 3.78. The molecule has 0 aromatic carbocycles. The van der Waals surface area contributed by atoms with Crippen molar-refractivity contribution >= 4 is 16.5 Å². The van der Waals surface area contributed by atoms with Crippen molar-refractivity contribution in [3.63, 3.8) is 0 Å². The van der Waals surface area contributed by atoms with Crippen molar-refractivity contribution in [1.29, 1.82) is 0 Å². The fraction of sp³-hybridized carbons (Fsp3) is 0.727. The summed E-state index contributed by atoms with van der Waals surface area (Å²) in [6.07, 6.45) is 2.28. The Morgan fingerprint density at radius 2 is 2.50 bits per heavy atom. The van der Waals surface area contributed by atoms with Gasteiger partial charge in [-0.05, 0) is 20.9 Å². The first kappa shape index (κ1) is 11.8. The van der Waals surface area contributed by atoms with E-state index >= 15 is 0 Å². The summed E-state index contributed by atoms with van der Waals surface area (Å²) in [5.41, 5.74) is 0. The van der Waals surface area contributed by atoms with Crippen LogP contribution in [0.5, 0.6) is 0 Å². The third-order valence-electron chi connectivity index (χ3n) is 2.88. The van der Waals surface area contributed by atoms with Crippen LogP contribution in [0.3, 0.4) is 0 Å². The van der Waals surface area contributed by atoms with Gasteiger partial charge in [-0.2, -0.15) is 0 Å². The molecule has 1 aliphatic rings. The lowest BCUT2D eigenvalue weighted by Gasteiger charge is -2.30. The van der Waals surface area contributed by atoms with E-state index in [-0.39, 0.29) is 0 Å². The first-order valence-corrected chi connectivity index (χ1v) is 6.52. The molecule has 2 atom stereocenters. The van der Waals surface area contributed by atoms with Gasteiger partial charge in [0.15, 0.2) is 5.13 Å². The number of rotatable bonds is 3. The smallest absolute Gasteiger partial charge is 0.185 e. The molecule has 0 bridgehead atoms. The molecule has 90 valence electrons. The van der Waals surface area contributed by atoms with E-state index in [4.69, 9.17) is 4.74 Å². The highest BCUT2D eigenvalue weighted by Gasteiger charge is 2.20. The summed E-state index contributed by atoms with van der Waals surface area (Å²) in [7, 11) is 1.97. The van der Waals surface area contributed by atoms with Crippen LogP contribution in [0.4, 0.5) is 5.13 Å². The molecule has 5 heteroatoms. The van der Waals surface area contributed by atoms with Crippen LogP contribution in [0.15, 0.2) is 6.20 Å². The second-order valence-corrected chi connectivity index (χ2v) is 5.22. The van der Waals surface area contributed by atoms with Crippen molar-refractivity contribution in [1.82, 2.24) is 10.3 Å². The summed E-state index contributed by atoms with van der Waals surface area (Å²) in [4.78, 5) is 8.09. The Balaban J connectivity index is 2.06. The molecule has 1 N–H and O–H groups in total. The van der Waals surface area contributed by atoms with Crippen LogP contribution in [-0.2, 0) is 4.74 Å². The van der Waals surface area contributed by atoms with E-state index in [1.54, 1.807) is 11.3 Å². The van der Waals surface area contributed by atoms with E-state index in [0.717, 1.165) is 24.8 Å². The summed E-state index contributed by atoms with van der Waals surface area (Å²) in [6, 6.07) is 0.379. The molecule has 2 heterocycles. The number of morpholine rings is 1. The normalized spacial score (nSPS) is 23.4.